The van der Waals surface area contributed by atoms with E-state index in [0.717, 1.165) is 0 Å². The molecule has 1 aromatic carbocycles. The molecule has 0 radical (unpaired) electrons. The molecule has 1 aromatic rings. The smallest absolute Gasteiger partial charge is 0.186 e. The Bertz CT molecular complexity index is 363. The number of carbonyl (C=O) groups is 1. The number of benzene rings is 1. The summed E-state index contributed by atoms with van der Waals surface area (Å²) < 4.78 is 10.1. The van der Waals surface area contributed by atoms with Crippen molar-refractivity contribution in [2.45, 2.75) is 0 Å². The molecule has 0 fully saturated rings. The molecular weight excluding hydrogens is 216 g/mol. The van der Waals surface area contributed by atoms with Crippen LogP contribution in [0.15, 0.2) is 29.8 Å². The minimum Gasteiger partial charge on any atom is -0.497 e. The lowest BCUT2D eigenvalue weighted by atomic mass is 10.1. The molecule has 1 rings (SSSR count). The average Bonchev–Trinajstić information content (AvgIpc) is 2.28. The molecule has 0 aliphatic carbocycles. The van der Waals surface area contributed by atoms with Gasteiger partial charge in [-0.05, 0) is 18.2 Å². The summed E-state index contributed by atoms with van der Waals surface area (Å²) in [6.07, 6.45) is 1.27. The van der Waals surface area contributed by atoms with E-state index in [0.29, 0.717) is 17.1 Å². The van der Waals surface area contributed by atoms with E-state index in [-0.39, 0.29) is 5.78 Å². The number of methoxy groups -OCH3 is 2. The van der Waals surface area contributed by atoms with Crippen molar-refractivity contribution in [2.75, 3.05) is 14.2 Å². The second-order valence-corrected chi connectivity index (χ2v) is 3.01. The summed E-state index contributed by atoms with van der Waals surface area (Å²) in [7, 11) is 3.06. The zero-order valence-electron chi connectivity index (χ0n) is 8.49. The van der Waals surface area contributed by atoms with Crippen LogP contribution >= 0.6 is 11.6 Å². The minimum absolute atomic E-state index is 0.192. The molecule has 0 aromatic heterocycles. The zero-order valence-corrected chi connectivity index (χ0v) is 9.25. The van der Waals surface area contributed by atoms with Crippen molar-refractivity contribution in [3.63, 3.8) is 0 Å². The number of allylic oxidation sites excluding steroid dienone is 1. The summed E-state index contributed by atoms with van der Waals surface area (Å²) in [4.78, 5) is 11.5. The third-order valence-corrected chi connectivity index (χ3v) is 1.98. The highest BCUT2D eigenvalue weighted by atomic mass is 35.5. The fraction of sp³-hybridized carbons (Fsp3) is 0.182. The molecule has 0 aliphatic heterocycles. The first-order chi connectivity index (χ1) is 7.21. The molecule has 0 atom stereocenters. The van der Waals surface area contributed by atoms with E-state index in [1.807, 2.05) is 0 Å². The van der Waals surface area contributed by atoms with Crippen molar-refractivity contribution in [2.24, 2.45) is 0 Å². The Morgan fingerprint density at radius 1 is 1.20 bits per heavy atom. The van der Waals surface area contributed by atoms with Crippen LogP contribution in [0.4, 0.5) is 0 Å². The Balaban J connectivity index is 3.11. The third kappa shape index (κ3) is 2.99. The first kappa shape index (κ1) is 11.6. The quantitative estimate of drug-likeness (QED) is 0.585. The SMILES string of the molecule is COc1cc(OC)cc(C(=O)/C=C/Cl)c1. The molecular formula is C11H11ClO3. The molecule has 4 heteroatoms. The predicted molar refractivity (Wildman–Crippen MR) is 58.9 cm³/mol. The highest BCUT2D eigenvalue weighted by Gasteiger charge is 2.06. The van der Waals surface area contributed by atoms with Crippen LogP contribution in [0.5, 0.6) is 11.5 Å². The van der Waals surface area contributed by atoms with E-state index in [1.54, 1.807) is 18.2 Å². The van der Waals surface area contributed by atoms with Gasteiger partial charge in [0.1, 0.15) is 11.5 Å². The van der Waals surface area contributed by atoms with Gasteiger partial charge in [0, 0.05) is 17.2 Å². The molecule has 0 unspecified atom stereocenters. The van der Waals surface area contributed by atoms with Gasteiger partial charge in [0.2, 0.25) is 0 Å². The Labute approximate surface area is 93.3 Å². The maximum Gasteiger partial charge on any atom is 0.186 e. The van der Waals surface area contributed by atoms with Crippen molar-refractivity contribution in [3.05, 3.63) is 35.4 Å². The topological polar surface area (TPSA) is 35.5 Å². The van der Waals surface area contributed by atoms with Crippen molar-refractivity contribution in [1.29, 1.82) is 0 Å². The fourth-order valence-electron chi connectivity index (χ4n) is 1.10. The second kappa shape index (κ2) is 5.41. The van der Waals surface area contributed by atoms with E-state index < -0.39 is 0 Å². The molecule has 0 N–H and O–H groups in total. The Morgan fingerprint density at radius 3 is 2.13 bits per heavy atom. The number of ether oxygens (including phenoxy) is 2. The van der Waals surface area contributed by atoms with Crippen LogP contribution in [-0.4, -0.2) is 20.0 Å². The molecule has 80 valence electrons. The highest BCUT2D eigenvalue weighted by molar-refractivity contribution is 6.27. The zero-order chi connectivity index (χ0) is 11.3. The van der Waals surface area contributed by atoms with Gasteiger partial charge in [0.25, 0.3) is 0 Å². The maximum absolute atomic E-state index is 11.5. The van der Waals surface area contributed by atoms with Crippen LogP contribution in [0, 0.1) is 0 Å². The van der Waals surface area contributed by atoms with Gasteiger partial charge in [0.15, 0.2) is 5.78 Å². The summed E-state index contributed by atoms with van der Waals surface area (Å²) in [6.45, 7) is 0. The molecule has 0 amide bonds. The Hall–Kier alpha value is -1.48. The molecule has 0 heterocycles. The fourth-order valence-corrected chi connectivity index (χ4v) is 1.22. The van der Waals surface area contributed by atoms with Crippen LogP contribution in [0.25, 0.3) is 0 Å². The van der Waals surface area contributed by atoms with Gasteiger partial charge in [-0.2, -0.15) is 0 Å². The summed E-state index contributed by atoms with van der Waals surface area (Å²) >= 11 is 5.33. The first-order valence-electron chi connectivity index (χ1n) is 4.25. The lowest BCUT2D eigenvalue weighted by molar-refractivity contribution is 0.104. The Kier molecular flexibility index (Phi) is 4.18. The van der Waals surface area contributed by atoms with E-state index in [1.165, 1.54) is 25.8 Å². The van der Waals surface area contributed by atoms with Gasteiger partial charge in [-0.3, -0.25) is 4.79 Å². The van der Waals surface area contributed by atoms with Crippen molar-refractivity contribution in [3.8, 4) is 11.5 Å². The molecule has 0 aliphatic rings. The maximum atomic E-state index is 11.5. The average molecular weight is 227 g/mol. The third-order valence-electron chi connectivity index (χ3n) is 1.85. The van der Waals surface area contributed by atoms with Crippen molar-refractivity contribution in [1.82, 2.24) is 0 Å². The summed E-state index contributed by atoms with van der Waals surface area (Å²) in [5.74, 6) is 0.948. The summed E-state index contributed by atoms with van der Waals surface area (Å²) in [5.41, 5.74) is 1.65. The number of hydrogen-bond donors (Lipinski definition) is 0. The molecule has 3 nitrogen and oxygen atoms in total. The Morgan fingerprint density at radius 2 is 1.73 bits per heavy atom. The minimum atomic E-state index is -0.192. The monoisotopic (exact) mass is 226 g/mol. The van der Waals surface area contributed by atoms with Crippen LogP contribution in [0.2, 0.25) is 0 Å². The summed E-state index contributed by atoms with van der Waals surface area (Å²) in [5, 5.41) is 0. The van der Waals surface area contributed by atoms with E-state index in [2.05, 4.69) is 0 Å². The van der Waals surface area contributed by atoms with Crippen LogP contribution in [0.1, 0.15) is 10.4 Å². The van der Waals surface area contributed by atoms with Gasteiger partial charge in [-0.25, -0.2) is 0 Å². The largest absolute Gasteiger partial charge is 0.497 e. The van der Waals surface area contributed by atoms with Crippen molar-refractivity contribution < 1.29 is 14.3 Å². The summed E-state index contributed by atoms with van der Waals surface area (Å²) in [6, 6.07) is 4.95. The number of carbonyl (C=O) groups excluding carboxylic acids is 1. The number of halogens is 1. The van der Waals surface area contributed by atoms with Gasteiger partial charge >= 0.3 is 0 Å². The molecule has 0 bridgehead atoms. The van der Waals surface area contributed by atoms with Gasteiger partial charge in [0.05, 0.1) is 14.2 Å². The molecule has 0 saturated heterocycles. The highest BCUT2D eigenvalue weighted by Crippen LogP contribution is 2.22. The van der Waals surface area contributed by atoms with Crippen LogP contribution in [0.3, 0.4) is 0 Å². The molecule has 15 heavy (non-hydrogen) atoms. The number of hydrogen-bond acceptors (Lipinski definition) is 3. The lowest BCUT2D eigenvalue weighted by Gasteiger charge is -2.06. The standard InChI is InChI=1S/C11H11ClO3/c1-14-9-5-8(11(13)3-4-12)6-10(7-9)15-2/h3-7H,1-2H3/b4-3+. The van der Waals surface area contributed by atoms with Crippen LogP contribution < -0.4 is 9.47 Å². The molecule has 0 saturated carbocycles. The predicted octanol–water partition coefficient (Wildman–Crippen LogP) is 2.64. The number of rotatable bonds is 4. The first-order valence-corrected chi connectivity index (χ1v) is 4.69. The van der Waals surface area contributed by atoms with E-state index in [4.69, 9.17) is 21.1 Å². The lowest BCUT2D eigenvalue weighted by Crippen LogP contribution is -1.96. The van der Waals surface area contributed by atoms with Gasteiger partial charge in [-0.15, -0.1) is 0 Å². The van der Waals surface area contributed by atoms with E-state index in [9.17, 15) is 4.79 Å². The van der Waals surface area contributed by atoms with Gasteiger partial charge in [-0.1, -0.05) is 11.6 Å². The number of ketones is 1. The normalized spacial score (nSPS) is 10.3. The molecule has 0 spiro atoms. The van der Waals surface area contributed by atoms with E-state index >= 15 is 0 Å². The second-order valence-electron chi connectivity index (χ2n) is 2.76. The van der Waals surface area contributed by atoms with Crippen molar-refractivity contribution >= 4 is 17.4 Å². The van der Waals surface area contributed by atoms with Crippen LogP contribution in [-0.2, 0) is 0 Å². The van der Waals surface area contributed by atoms with Gasteiger partial charge < -0.3 is 9.47 Å².